The molecule has 0 aromatic carbocycles. The molecule has 1 aliphatic heterocycles. The average Bonchev–Trinajstić information content (AvgIpc) is 3.21. The van der Waals surface area contributed by atoms with E-state index in [4.69, 9.17) is 27.9 Å². The van der Waals surface area contributed by atoms with Crippen molar-refractivity contribution in [1.82, 2.24) is 14.6 Å². The Hall–Kier alpha value is -1.41. The average molecular weight is 401 g/mol. The first-order valence-electron chi connectivity index (χ1n) is 7.92. The third-order valence-electron chi connectivity index (χ3n) is 4.31. The van der Waals surface area contributed by atoms with Gasteiger partial charge in [0.2, 0.25) is 5.28 Å². The van der Waals surface area contributed by atoms with Crippen molar-refractivity contribution in [2.45, 2.75) is 25.3 Å². The van der Waals surface area contributed by atoms with Crippen molar-refractivity contribution in [3.05, 3.63) is 44.2 Å². The Morgan fingerprint density at radius 2 is 2.16 bits per heavy atom. The van der Waals surface area contributed by atoms with Gasteiger partial charge in [0.1, 0.15) is 10.7 Å². The number of fused-ring (bicyclic) bond motifs is 1. The third kappa shape index (κ3) is 3.21. The number of halogens is 3. The van der Waals surface area contributed by atoms with E-state index in [1.165, 1.54) is 4.52 Å². The second kappa shape index (κ2) is 7.07. The molecule has 132 valence electrons. The Labute approximate surface area is 157 Å². The predicted octanol–water partition coefficient (Wildman–Crippen LogP) is 4.74. The summed E-state index contributed by atoms with van der Waals surface area (Å²) in [6.07, 6.45) is 1.46. The van der Waals surface area contributed by atoms with E-state index in [-0.39, 0.29) is 27.7 Å². The lowest BCUT2D eigenvalue weighted by molar-refractivity contribution is 0.0847. The molecule has 9 heteroatoms. The van der Waals surface area contributed by atoms with Crippen molar-refractivity contribution in [2.24, 2.45) is 0 Å². The zero-order valence-corrected chi connectivity index (χ0v) is 15.5. The van der Waals surface area contributed by atoms with E-state index in [1.807, 2.05) is 17.5 Å². The Morgan fingerprint density at radius 3 is 2.88 bits per heavy atom. The molecule has 0 unspecified atom stereocenters. The van der Waals surface area contributed by atoms with Crippen LogP contribution in [0.2, 0.25) is 10.4 Å². The second-order valence-corrected chi connectivity index (χ2v) is 7.56. The summed E-state index contributed by atoms with van der Waals surface area (Å²) in [6, 6.07) is 3.95. The molecule has 4 rings (SSSR count). The van der Waals surface area contributed by atoms with Gasteiger partial charge in [-0.15, -0.1) is 16.4 Å². The van der Waals surface area contributed by atoms with Gasteiger partial charge in [0, 0.05) is 23.7 Å². The highest BCUT2D eigenvalue weighted by Crippen LogP contribution is 2.39. The SMILES string of the molecule is Fc1c(C2CCOCC2)c(Cl)n2nc(Cl)nc(NCc3cccs3)c12. The number of nitrogens with zero attached hydrogens (tertiary/aromatic N) is 3. The second-order valence-electron chi connectivity index (χ2n) is 5.83. The fourth-order valence-electron chi connectivity index (χ4n) is 3.11. The fraction of sp³-hybridized carbons (Fsp3) is 0.375. The van der Waals surface area contributed by atoms with Gasteiger partial charge in [0.05, 0.1) is 6.54 Å². The minimum atomic E-state index is -0.387. The third-order valence-corrected chi connectivity index (χ3v) is 5.72. The van der Waals surface area contributed by atoms with Gasteiger partial charge in [-0.3, -0.25) is 0 Å². The molecule has 0 aliphatic carbocycles. The molecule has 0 spiro atoms. The monoisotopic (exact) mass is 400 g/mol. The maximum absolute atomic E-state index is 15.2. The van der Waals surface area contributed by atoms with Gasteiger partial charge in [-0.05, 0) is 41.8 Å². The molecule has 0 saturated carbocycles. The number of ether oxygens (including phenoxy) is 1. The Balaban J connectivity index is 1.77. The lowest BCUT2D eigenvalue weighted by Crippen LogP contribution is -2.14. The molecule has 0 bridgehead atoms. The maximum atomic E-state index is 15.2. The highest BCUT2D eigenvalue weighted by atomic mass is 35.5. The van der Waals surface area contributed by atoms with Crippen molar-refractivity contribution in [3.8, 4) is 0 Å². The van der Waals surface area contributed by atoms with E-state index < -0.39 is 0 Å². The molecule has 1 fully saturated rings. The first-order valence-corrected chi connectivity index (χ1v) is 9.56. The Morgan fingerprint density at radius 1 is 1.36 bits per heavy atom. The summed E-state index contributed by atoms with van der Waals surface area (Å²) in [5.74, 6) is -0.0415. The Bertz CT molecular complexity index is 894. The van der Waals surface area contributed by atoms with Gasteiger partial charge in [-0.2, -0.15) is 4.98 Å². The van der Waals surface area contributed by atoms with Crippen LogP contribution in [0, 0.1) is 5.82 Å². The van der Waals surface area contributed by atoms with Crippen LogP contribution in [0.1, 0.15) is 29.2 Å². The summed E-state index contributed by atoms with van der Waals surface area (Å²) in [7, 11) is 0. The lowest BCUT2D eigenvalue weighted by Gasteiger charge is -2.21. The van der Waals surface area contributed by atoms with Gasteiger partial charge >= 0.3 is 0 Å². The lowest BCUT2D eigenvalue weighted by atomic mass is 9.93. The molecule has 4 heterocycles. The van der Waals surface area contributed by atoms with Gasteiger partial charge < -0.3 is 10.1 Å². The zero-order chi connectivity index (χ0) is 17.4. The van der Waals surface area contributed by atoms with Crippen LogP contribution in [-0.4, -0.2) is 27.8 Å². The molecule has 3 aromatic rings. The van der Waals surface area contributed by atoms with Crippen LogP contribution in [0.4, 0.5) is 10.2 Å². The van der Waals surface area contributed by atoms with Crippen LogP contribution in [0.5, 0.6) is 0 Å². The first kappa shape index (κ1) is 17.0. The van der Waals surface area contributed by atoms with Crippen LogP contribution in [-0.2, 0) is 11.3 Å². The van der Waals surface area contributed by atoms with Crippen LogP contribution in [0.25, 0.3) is 5.52 Å². The number of nitrogens with one attached hydrogen (secondary N) is 1. The normalized spacial score (nSPS) is 15.8. The molecule has 25 heavy (non-hydrogen) atoms. The van der Waals surface area contributed by atoms with E-state index in [1.54, 1.807) is 11.3 Å². The predicted molar refractivity (Wildman–Crippen MR) is 97.4 cm³/mol. The standard InChI is InChI=1S/C16H15Cl2FN4OS/c17-14-11(9-3-5-24-6-4-9)12(19)13-15(21-16(18)22-23(13)14)20-8-10-2-1-7-25-10/h1-2,7,9H,3-6,8H2,(H,20,21,22). The van der Waals surface area contributed by atoms with Crippen LogP contribution in [0.15, 0.2) is 17.5 Å². The highest BCUT2D eigenvalue weighted by Gasteiger charge is 2.29. The van der Waals surface area contributed by atoms with Crippen LogP contribution in [0.3, 0.4) is 0 Å². The van der Waals surface area contributed by atoms with Crippen molar-refractivity contribution in [2.75, 3.05) is 18.5 Å². The first-order chi connectivity index (χ1) is 12.1. The minimum absolute atomic E-state index is 0.00636. The molecular formula is C16H15Cl2FN4OS. The summed E-state index contributed by atoms with van der Waals surface area (Å²) in [6.45, 7) is 1.72. The highest BCUT2D eigenvalue weighted by molar-refractivity contribution is 7.09. The molecule has 0 radical (unpaired) electrons. The fourth-order valence-corrected chi connectivity index (χ4v) is 4.28. The number of aromatic nitrogens is 3. The van der Waals surface area contributed by atoms with E-state index in [2.05, 4.69) is 15.4 Å². The number of anilines is 1. The molecule has 1 N–H and O–H groups in total. The zero-order valence-electron chi connectivity index (χ0n) is 13.1. The van der Waals surface area contributed by atoms with Crippen molar-refractivity contribution < 1.29 is 9.13 Å². The molecule has 0 amide bonds. The van der Waals surface area contributed by atoms with Gasteiger partial charge in [-0.1, -0.05) is 17.7 Å². The molecule has 5 nitrogen and oxygen atoms in total. The van der Waals surface area contributed by atoms with Crippen molar-refractivity contribution in [1.29, 1.82) is 0 Å². The molecular weight excluding hydrogens is 386 g/mol. The molecule has 1 aliphatic rings. The van der Waals surface area contributed by atoms with Gasteiger partial charge in [0.25, 0.3) is 0 Å². The van der Waals surface area contributed by atoms with Gasteiger partial charge in [-0.25, -0.2) is 8.91 Å². The van der Waals surface area contributed by atoms with Gasteiger partial charge in [0.15, 0.2) is 11.6 Å². The summed E-state index contributed by atoms with van der Waals surface area (Å²) >= 11 is 14.1. The number of thiophene rings is 1. The molecule has 3 aromatic heterocycles. The Kier molecular flexibility index (Phi) is 4.82. The summed E-state index contributed by atoms with van der Waals surface area (Å²) < 4.78 is 21.9. The van der Waals surface area contributed by atoms with Crippen LogP contribution >= 0.6 is 34.5 Å². The number of hydrogen-bond donors (Lipinski definition) is 1. The van der Waals surface area contributed by atoms with E-state index in [0.717, 1.165) is 17.7 Å². The quantitative estimate of drug-likeness (QED) is 0.686. The maximum Gasteiger partial charge on any atom is 0.243 e. The molecule has 1 saturated heterocycles. The van der Waals surface area contributed by atoms with E-state index in [0.29, 0.717) is 31.1 Å². The van der Waals surface area contributed by atoms with E-state index >= 15 is 4.39 Å². The number of rotatable bonds is 4. The van der Waals surface area contributed by atoms with Crippen molar-refractivity contribution in [3.63, 3.8) is 0 Å². The smallest absolute Gasteiger partial charge is 0.243 e. The summed E-state index contributed by atoms with van der Waals surface area (Å²) in [4.78, 5) is 5.27. The largest absolute Gasteiger partial charge is 0.381 e. The number of hydrogen-bond acceptors (Lipinski definition) is 5. The summed E-state index contributed by atoms with van der Waals surface area (Å²) in [5.41, 5.74) is 0.702. The van der Waals surface area contributed by atoms with Crippen LogP contribution < -0.4 is 5.32 Å². The van der Waals surface area contributed by atoms with E-state index in [9.17, 15) is 0 Å². The molecule has 0 atom stereocenters. The topological polar surface area (TPSA) is 51.5 Å². The summed E-state index contributed by atoms with van der Waals surface area (Å²) in [5, 5.41) is 9.48. The minimum Gasteiger partial charge on any atom is -0.381 e. The van der Waals surface area contributed by atoms with Crippen molar-refractivity contribution >= 4 is 45.9 Å².